The summed E-state index contributed by atoms with van der Waals surface area (Å²) in [7, 11) is -3.14. The minimum atomic E-state index is -3.14. The number of hydrogen-bond acceptors (Lipinski definition) is 4. The number of benzene rings is 1. The molecule has 0 bridgehead atoms. The summed E-state index contributed by atoms with van der Waals surface area (Å²) >= 11 is 0. The Bertz CT molecular complexity index is 519. The van der Waals surface area contributed by atoms with Gasteiger partial charge in [0.1, 0.15) is 0 Å². The molecule has 0 unspecified atom stereocenters. The highest BCUT2D eigenvalue weighted by molar-refractivity contribution is 7.90. The topological polar surface area (TPSA) is 72.2 Å². The van der Waals surface area contributed by atoms with E-state index in [0.717, 1.165) is 24.1 Å². The SMILES string of the molecule is Cc1ccc(S(C)(=O)=O)cc1NC1CC(N)C1. The monoisotopic (exact) mass is 254 g/mol. The molecule has 0 saturated heterocycles. The third-order valence-electron chi connectivity index (χ3n) is 3.17. The van der Waals surface area contributed by atoms with E-state index in [1.807, 2.05) is 13.0 Å². The maximum Gasteiger partial charge on any atom is 0.175 e. The lowest BCUT2D eigenvalue weighted by Crippen LogP contribution is -2.44. The first-order valence-electron chi connectivity index (χ1n) is 5.69. The van der Waals surface area contributed by atoms with E-state index in [1.54, 1.807) is 12.1 Å². The molecule has 1 fully saturated rings. The molecule has 1 aliphatic rings. The molecule has 0 aliphatic heterocycles. The fourth-order valence-electron chi connectivity index (χ4n) is 1.99. The molecular weight excluding hydrogens is 236 g/mol. The first-order chi connectivity index (χ1) is 7.86. The van der Waals surface area contributed by atoms with Gasteiger partial charge in [-0.2, -0.15) is 0 Å². The zero-order chi connectivity index (χ0) is 12.6. The van der Waals surface area contributed by atoms with Crippen LogP contribution in [0, 0.1) is 6.92 Å². The summed E-state index contributed by atoms with van der Waals surface area (Å²) in [6.07, 6.45) is 3.12. The third kappa shape index (κ3) is 2.79. The van der Waals surface area contributed by atoms with Crippen LogP contribution in [0.2, 0.25) is 0 Å². The number of anilines is 1. The molecule has 4 nitrogen and oxygen atoms in total. The van der Waals surface area contributed by atoms with E-state index in [4.69, 9.17) is 5.73 Å². The molecule has 2 rings (SSSR count). The smallest absolute Gasteiger partial charge is 0.175 e. The molecule has 0 spiro atoms. The largest absolute Gasteiger partial charge is 0.382 e. The van der Waals surface area contributed by atoms with Gasteiger partial charge in [0, 0.05) is 24.0 Å². The molecule has 1 aliphatic carbocycles. The van der Waals surface area contributed by atoms with E-state index in [2.05, 4.69) is 5.32 Å². The van der Waals surface area contributed by atoms with Gasteiger partial charge in [0.25, 0.3) is 0 Å². The van der Waals surface area contributed by atoms with Crippen LogP contribution in [0.25, 0.3) is 0 Å². The number of aryl methyl sites for hydroxylation is 1. The normalized spacial score (nSPS) is 24.2. The van der Waals surface area contributed by atoms with Gasteiger partial charge in [-0.15, -0.1) is 0 Å². The molecule has 0 aromatic heterocycles. The first-order valence-corrected chi connectivity index (χ1v) is 7.58. The highest BCUT2D eigenvalue weighted by atomic mass is 32.2. The van der Waals surface area contributed by atoms with Crippen molar-refractivity contribution in [2.45, 2.75) is 36.7 Å². The van der Waals surface area contributed by atoms with Crippen molar-refractivity contribution in [2.24, 2.45) is 5.73 Å². The second kappa shape index (κ2) is 4.31. The predicted molar refractivity (Wildman–Crippen MR) is 68.9 cm³/mol. The fourth-order valence-corrected chi connectivity index (χ4v) is 2.63. The Morgan fingerprint density at radius 2 is 2.00 bits per heavy atom. The predicted octanol–water partition coefficient (Wildman–Crippen LogP) is 1.30. The van der Waals surface area contributed by atoms with Crippen molar-refractivity contribution in [3.05, 3.63) is 23.8 Å². The lowest BCUT2D eigenvalue weighted by atomic mass is 9.87. The van der Waals surface area contributed by atoms with Crippen molar-refractivity contribution in [1.82, 2.24) is 0 Å². The molecule has 0 radical (unpaired) electrons. The maximum absolute atomic E-state index is 11.5. The van der Waals surface area contributed by atoms with Crippen LogP contribution in [0.4, 0.5) is 5.69 Å². The van der Waals surface area contributed by atoms with Crippen molar-refractivity contribution in [3.8, 4) is 0 Å². The molecule has 1 saturated carbocycles. The number of nitrogens with one attached hydrogen (secondary N) is 1. The summed E-state index contributed by atoms with van der Waals surface area (Å²) in [6.45, 7) is 1.97. The van der Waals surface area contributed by atoms with E-state index in [9.17, 15) is 8.42 Å². The first kappa shape index (κ1) is 12.4. The second-order valence-electron chi connectivity index (χ2n) is 4.82. The average Bonchev–Trinajstić information content (AvgIpc) is 2.17. The lowest BCUT2D eigenvalue weighted by molar-refractivity contribution is 0.373. The van der Waals surface area contributed by atoms with Gasteiger partial charge in [-0.25, -0.2) is 8.42 Å². The molecule has 1 aromatic rings. The van der Waals surface area contributed by atoms with E-state index in [0.29, 0.717) is 10.9 Å². The van der Waals surface area contributed by atoms with Gasteiger partial charge < -0.3 is 11.1 Å². The molecule has 0 atom stereocenters. The Morgan fingerprint density at radius 3 is 2.53 bits per heavy atom. The highest BCUT2D eigenvalue weighted by Gasteiger charge is 2.26. The van der Waals surface area contributed by atoms with Crippen molar-refractivity contribution in [2.75, 3.05) is 11.6 Å². The molecule has 0 heterocycles. The summed E-state index contributed by atoms with van der Waals surface area (Å²) in [5, 5.41) is 3.35. The van der Waals surface area contributed by atoms with Crippen LogP contribution < -0.4 is 11.1 Å². The van der Waals surface area contributed by atoms with Crippen molar-refractivity contribution in [3.63, 3.8) is 0 Å². The van der Waals surface area contributed by atoms with Crippen LogP contribution in [-0.2, 0) is 9.84 Å². The zero-order valence-corrected chi connectivity index (χ0v) is 10.9. The number of hydrogen-bond donors (Lipinski definition) is 2. The standard InChI is InChI=1S/C12H18N2O2S/c1-8-3-4-11(17(2,15)16)7-12(8)14-10-5-9(13)6-10/h3-4,7,9-10,14H,5-6,13H2,1-2H3. The summed E-state index contributed by atoms with van der Waals surface area (Å²) in [6, 6.07) is 5.83. The Balaban J connectivity index is 2.21. The summed E-state index contributed by atoms with van der Waals surface area (Å²) in [4.78, 5) is 0.356. The molecule has 17 heavy (non-hydrogen) atoms. The van der Waals surface area contributed by atoms with Gasteiger partial charge in [0.05, 0.1) is 4.90 Å². The molecule has 0 amide bonds. The number of sulfone groups is 1. The zero-order valence-electron chi connectivity index (χ0n) is 10.1. The quantitative estimate of drug-likeness (QED) is 0.853. The van der Waals surface area contributed by atoms with Crippen molar-refractivity contribution >= 4 is 15.5 Å². The lowest BCUT2D eigenvalue weighted by Gasteiger charge is -2.34. The van der Waals surface area contributed by atoms with Crippen molar-refractivity contribution in [1.29, 1.82) is 0 Å². The van der Waals surface area contributed by atoms with E-state index < -0.39 is 9.84 Å². The summed E-state index contributed by atoms with van der Waals surface area (Å²) in [5.41, 5.74) is 7.67. The van der Waals surface area contributed by atoms with Gasteiger partial charge in [0.15, 0.2) is 9.84 Å². The fraction of sp³-hybridized carbons (Fsp3) is 0.500. The molecule has 5 heteroatoms. The molecule has 3 N–H and O–H groups in total. The Labute approximate surface area is 102 Å². The van der Waals surface area contributed by atoms with Gasteiger partial charge in [-0.3, -0.25) is 0 Å². The maximum atomic E-state index is 11.5. The minimum Gasteiger partial charge on any atom is -0.382 e. The van der Waals surface area contributed by atoms with E-state index in [1.165, 1.54) is 6.26 Å². The van der Waals surface area contributed by atoms with Crippen molar-refractivity contribution < 1.29 is 8.42 Å². The van der Waals surface area contributed by atoms with Crippen LogP contribution in [0.15, 0.2) is 23.1 Å². The van der Waals surface area contributed by atoms with Crippen LogP contribution >= 0.6 is 0 Å². The number of nitrogens with two attached hydrogens (primary N) is 1. The van der Waals surface area contributed by atoms with Crippen LogP contribution in [-0.4, -0.2) is 26.8 Å². The van der Waals surface area contributed by atoms with Gasteiger partial charge >= 0.3 is 0 Å². The third-order valence-corrected chi connectivity index (χ3v) is 4.28. The van der Waals surface area contributed by atoms with Crippen LogP contribution in [0.5, 0.6) is 0 Å². The number of rotatable bonds is 3. The van der Waals surface area contributed by atoms with Crippen LogP contribution in [0.3, 0.4) is 0 Å². The van der Waals surface area contributed by atoms with Crippen LogP contribution in [0.1, 0.15) is 18.4 Å². The molecular formula is C12H18N2O2S. The molecule has 1 aromatic carbocycles. The summed E-state index contributed by atoms with van der Waals surface area (Å²) < 4.78 is 22.9. The van der Waals surface area contributed by atoms with Gasteiger partial charge in [-0.1, -0.05) is 6.07 Å². The minimum absolute atomic E-state index is 0.283. The van der Waals surface area contributed by atoms with Gasteiger partial charge in [-0.05, 0) is 37.5 Å². The Kier molecular flexibility index (Phi) is 3.14. The average molecular weight is 254 g/mol. The Morgan fingerprint density at radius 1 is 1.35 bits per heavy atom. The van der Waals surface area contributed by atoms with E-state index >= 15 is 0 Å². The van der Waals surface area contributed by atoms with Gasteiger partial charge in [0.2, 0.25) is 0 Å². The Hall–Kier alpha value is -1.07. The second-order valence-corrected chi connectivity index (χ2v) is 6.84. The molecule has 94 valence electrons. The van der Waals surface area contributed by atoms with E-state index in [-0.39, 0.29) is 6.04 Å². The summed E-state index contributed by atoms with van der Waals surface area (Å²) in [5.74, 6) is 0. The highest BCUT2D eigenvalue weighted by Crippen LogP contribution is 2.26.